The van der Waals surface area contributed by atoms with Crippen LogP contribution in [-0.2, 0) is 4.74 Å². The van der Waals surface area contributed by atoms with Gasteiger partial charge in [0.05, 0.1) is 7.11 Å². The molecule has 88 valence electrons. The Morgan fingerprint density at radius 2 is 2.06 bits per heavy atom. The number of pyridine rings is 1. The van der Waals surface area contributed by atoms with Gasteiger partial charge in [0.25, 0.3) is 5.56 Å². The Kier molecular flexibility index (Phi) is 3.22. The number of esters is 1. The molecule has 4 nitrogen and oxygen atoms in total. The summed E-state index contributed by atoms with van der Waals surface area (Å²) in [5.41, 5.74) is -0.279. The summed E-state index contributed by atoms with van der Waals surface area (Å²) in [5.74, 6) is -0.592. The molecular formula is C11H7BrClNO3. The van der Waals surface area contributed by atoms with Crippen LogP contribution in [0.3, 0.4) is 0 Å². The van der Waals surface area contributed by atoms with Gasteiger partial charge in [-0.1, -0.05) is 27.5 Å². The molecule has 0 amide bonds. The van der Waals surface area contributed by atoms with E-state index in [-0.39, 0.29) is 11.3 Å². The number of aromatic nitrogens is 1. The van der Waals surface area contributed by atoms with Crippen LogP contribution in [0, 0.1) is 0 Å². The number of H-pyrrole nitrogens is 1. The van der Waals surface area contributed by atoms with Crippen molar-refractivity contribution in [3.63, 3.8) is 0 Å². The SMILES string of the molecule is COC(=O)c1cc2c(Br)cc(Cl)cc2c(=O)[nH]1. The molecule has 0 spiro atoms. The largest absolute Gasteiger partial charge is 0.464 e. The summed E-state index contributed by atoms with van der Waals surface area (Å²) in [6.07, 6.45) is 0. The Hall–Kier alpha value is -1.33. The summed E-state index contributed by atoms with van der Waals surface area (Å²) in [6.45, 7) is 0. The van der Waals surface area contributed by atoms with Crippen LogP contribution in [0.2, 0.25) is 5.02 Å². The van der Waals surface area contributed by atoms with E-state index in [0.717, 1.165) is 0 Å². The fourth-order valence-corrected chi connectivity index (χ4v) is 2.43. The minimum Gasteiger partial charge on any atom is -0.464 e. The van der Waals surface area contributed by atoms with Crippen molar-refractivity contribution in [1.29, 1.82) is 0 Å². The van der Waals surface area contributed by atoms with E-state index >= 15 is 0 Å². The summed E-state index contributed by atoms with van der Waals surface area (Å²) in [4.78, 5) is 25.6. The van der Waals surface area contributed by atoms with Crippen molar-refractivity contribution >= 4 is 44.3 Å². The second kappa shape index (κ2) is 4.50. The number of carbonyl (C=O) groups excluding carboxylic acids is 1. The molecule has 0 atom stereocenters. The third-order valence-electron chi connectivity index (χ3n) is 2.28. The summed E-state index contributed by atoms with van der Waals surface area (Å²) in [6, 6.07) is 4.74. The second-order valence-corrected chi connectivity index (χ2v) is 4.64. The van der Waals surface area contributed by atoms with Gasteiger partial charge in [-0.3, -0.25) is 4.79 Å². The van der Waals surface area contributed by atoms with Gasteiger partial charge in [0.2, 0.25) is 0 Å². The van der Waals surface area contributed by atoms with E-state index in [1.165, 1.54) is 7.11 Å². The van der Waals surface area contributed by atoms with Gasteiger partial charge in [0.1, 0.15) is 5.69 Å². The minimum absolute atomic E-state index is 0.105. The number of carbonyl (C=O) groups is 1. The lowest BCUT2D eigenvalue weighted by atomic mass is 10.1. The van der Waals surface area contributed by atoms with Gasteiger partial charge < -0.3 is 9.72 Å². The Morgan fingerprint density at radius 1 is 1.35 bits per heavy atom. The Morgan fingerprint density at radius 3 is 2.71 bits per heavy atom. The van der Waals surface area contributed by atoms with E-state index in [4.69, 9.17) is 11.6 Å². The summed E-state index contributed by atoms with van der Waals surface area (Å²) in [7, 11) is 1.25. The zero-order chi connectivity index (χ0) is 12.6. The zero-order valence-electron chi connectivity index (χ0n) is 8.71. The van der Waals surface area contributed by atoms with Crippen molar-refractivity contribution in [2.45, 2.75) is 0 Å². The van der Waals surface area contributed by atoms with Gasteiger partial charge >= 0.3 is 5.97 Å². The van der Waals surface area contributed by atoms with Gasteiger partial charge in [-0.25, -0.2) is 4.79 Å². The number of rotatable bonds is 1. The number of hydrogen-bond acceptors (Lipinski definition) is 3. The summed E-state index contributed by atoms with van der Waals surface area (Å²) >= 11 is 9.15. The monoisotopic (exact) mass is 315 g/mol. The van der Waals surface area contributed by atoms with E-state index < -0.39 is 5.97 Å². The number of fused-ring (bicyclic) bond motifs is 1. The van der Waals surface area contributed by atoms with Gasteiger partial charge in [-0.15, -0.1) is 0 Å². The highest BCUT2D eigenvalue weighted by atomic mass is 79.9. The first kappa shape index (κ1) is 12.1. The third kappa shape index (κ3) is 2.21. The predicted molar refractivity (Wildman–Crippen MR) is 68.6 cm³/mol. The number of methoxy groups -OCH3 is 1. The Balaban J connectivity index is 2.82. The lowest BCUT2D eigenvalue weighted by Crippen LogP contribution is -2.14. The van der Waals surface area contributed by atoms with E-state index in [2.05, 4.69) is 25.7 Å². The average Bonchev–Trinajstić information content (AvgIpc) is 2.29. The van der Waals surface area contributed by atoms with Crippen molar-refractivity contribution in [3.05, 3.63) is 43.7 Å². The number of benzene rings is 1. The number of halogens is 2. The maximum atomic E-state index is 11.8. The number of hydrogen-bond donors (Lipinski definition) is 1. The predicted octanol–water partition coefficient (Wildman–Crippen LogP) is 2.73. The Bertz CT molecular complexity index is 666. The number of aromatic amines is 1. The highest BCUT2D eigenvalue weighted by molar-refractivity contribution is 9.10. The second-order valence-electron chi connectivity index (χ2n) is 3.35. The third-order valence-corrected chi connectivity index (χ3v) is 3.16. The van der Waals surface area contributed by atoms with Gasteiger partial charge in [0, 0.05) is 20.3 Å². The standard InChI is InChI=1S/C11H7BrClNO3/c1-17-11(16)9-4-6-7(10(15)14-9)2-5(13)3-8(6)12/h2-4H,1H3,(H,14,15). The van der Waals surface area contributed by atoms with Gasteiger partial charge in [0.15, 0.2) is 0 Å². The highest BCUT2D eigenvalue weighted by Gasteiger charge is 2.11. The first-order chi connectivity index (χ1) is 8.02. The first-order valence-electron chi connectivity index (χ1n) is 4.63. The lowest BCUT2D eigenvalue weighted by molar-refractivity contribution is 0.0594. The molecule has 0 aliphatic heterocycles. The molecule has 0 bridgehead atoms. The van der Waals surface area contributed by atoms with Crippen molar-refractivity contribution in [2.24, 2.45) is 0 Å². The molecule has 0 fully saturated rings. The van der Waals surface area contributed by atoms with Crippen LogP contribution in [0.5, 0.6) is 0 Å². The van der Waals surface area contributed by atoms with Crippen molar-refractivity contribution < 1.29 is 9.53 Å². The molecule has 1 aromatic carbocycles. The molecule has 1 N–H and O–H groups in total. The van der Waals surface area contributed by atoms with Crippen LogP contribution in [0.4, 0.5) is 0 Å². The molecule has 0 aliphatic carbocycles. The fourth-order valence-electron chi connectivity index (χ4n) is 1.51. The lowest BCUT2D eigenvalue weighted by Gasteiger charge is -2.04. The number of nitrogens with one attached hydrogen (secondary N) is 1. The molecular weight excluding hydrogens is 309 g/mol. The molecule has 0 radical (unpaired) electrons. The normalized spacial score (nSPS) is 10.5. The Labute approximate surface area is 110 Å². The van der Waals surface area contributed by atoms with Crippen LogP contribution in [0.25, 0.3) is 10.8 Å². The van der Waals surface area contributed by atoms with Crippen LogP contribution < -0.4 is 5.56 Å². The average molecular weight is 317 g/mol. The maximum absolute atomic E-state index is 11.8. The molecule has 0 unspecified atom stereocenters. The zero-order valence-corrected chi connectivity index (χ0v) is 11.1. The van der Waals surface area contributed by atoms with E-state index in [1.54, 1.807) is 18.2 Å². The summed E-state index contributed by atoms with van der Waals surface area (Å²) < 4.78 is 5.20. The van der Waals surface area contributed by atoms with Crippen LogP contribution in [0.1, 0.15) is 10.5 Å². The fraction of sp³-hybridized carbons (Fsp3) is 0.0909. The van der Waals surface area contributed by atoms with E-state index in [9.17, 15) is 9.59 Å². The molecule has 2 aromatic rings. The van der Waals surface area contributed by atoms with Gasteiger partial charge in [-0.05, 0) is 18.2 Å². The maximum Gasteiger partial charge on any atom is 0.354 e. The molecule has 0 aliphatic rings. The topological polar surface area (TPSA) is 59.2 Å². The molecule has 0 saturated carbocycles. The molecule has 1 aromatic heterocycles. The van der Waals surface area contributed by atoms with Crippen molar-refractivity contribution in [3.8, 4) is 0 Å². The van der Waals surface area contributed by atoms with Crippen LogP contribution in [-0.4, -0.2) is 18.1 Å². The van der Waals surface area contributed by atoms with Crippen LogP contribution in [0.15, 0.2) is 27.5 Å². The highest BCUT2D eigenvalue weighted by Crippen LogP contribution is 2.26. The van der Waals surface area contributed by atoms with E-state index in [0.29, 0.717) is 20.3 Å². The first-order valence-corrected chi connectivity index (χ1v) is 5.80. The minimum atomic E-state index is -0.592. The van der Waals surface area contributed by atoms with Crippen LogP contribution >= 0.6 is 27.5 Å². The molecule has 17 heavy (non-hydrogen) atoms. The van der Waals surface area contributed by atoms with Gasteiger partial charge in [-0.2, -0.15) is 0 Å². The van der Waals surface area contributed by atoms with Crippen molar-refractivity contribution in [1.82, 2.24) is 4.98 Å². The number of ether oxygens (including phenoxy) is 1. The smallest absolute Gasteiger partial charge is 0.354 e. The van der Waals surface area contributed by atoms with E-state index in [1.807, 2.05) is 0 Å². The van der Waals surface area contributed by atoms with Crippen molar-refractivity contribution in [2.75, 3.05) is 7.11 Å². The molecule has 1 heterocycles. The molecule has 6 heteroatoms. The quantitative estimate of drug-likeness (QED) is 0.823. The molecule has 2 rings (SSSR count). The molecule has 0 saturated heterocycles. The summed E-state index contributed by atoms with van der Waals surface area (Å²) in [5, 5.41) is 1.47.